The molecule has 0 fully saturated rings. The number of hydrogen-bond donors (Lipinski definition) is 1. The van der Waals surface area contributed by atoms with Gasteiger partial charge in [0.25, 0.3) is 0 Å². The van der Waals surface area contributed by atoms with Gasteiger partial charge in [-0.25, -0.2) is 0 Å². The summed E-state index contributed by atoms with van der Waals surface area (Å²) in [4.78, 5) is 13.7. The van der Waals surface area contributed by atoms with Crippen LogP contribution in [0, 0.1) is 5.41 Å². The van der Waals surface area contributed by atoms with Gasteiger partial charge in [-0.05, 0) is 19.3 Å². The van der Waals surface area contributed by atoms with E-state index in [2.05, 4.69) is 20.8 Å². The first kappa shape index (κ1) is 13.4. The van der Waals surface area contributed by atoms with Crippen molar-refractivity contribution in [3.05, 3.63) is 0 Å². The Hall–Kier alpha value is -0.570. The molecule has 0 radical (unpaired) electrons. The van der Waals surface area contributed by atoms with Crippen molar-refractivity contribution >= 4 is 5.91 Å². The van der Waals surface area contributed by atoms with Crippen LogP contribution in [0.2, 0.25) is 0 Å². The van der Waals surface area contributed by atoms with Crippen LogP contribution in [0.25, 0.3) is 0 Å². The van der Waals surface area contributed by atoms with E-state index in [1.807, 2.05) is 18.7 Å². The third-order valence-corrected chi connectivity index (χ3v) is 2.00. The van der Waals surface area contributed by atoms with Crippen molar-refractivity contribution in [2.45, 2.75) is 47.1 Å². The summed E-state index contributed by atoms with van der Waals surface area (Å²) in [6.45, 7) is 11.5. The van der Waals surface area contributed by atoms with Crippen LogP contribution in [0.1, 0.15) is 41.0 Å². The molecule has 0 spiro atoms. The summed E-state index contributed by atoms with van der Waals surface area (Å²) < 4.78 is 0. The minimum absolute atomic E-state index is 0.0544. The van der Waals surface area contributed by atoms with Crippen LogP contribution in [0.5, 0.6) is 0 Å². The monoisotopic (exact) mass is 200 g/mol. The van der Waals surface area contributed by atoms with Gasteiger partial charge in [-0.15, -0.1) is 0 Å². The Balaban J connectivity index is 4.30. The summed E-state index contributed by atoms with van der Waals surface area (Å²) in [6.07, 6.45) is 0.588. The lowest BCUT2D eigenvalue weighted by molar-refractivity contribution is -0.134. The largest absolute Gasteiger partial charge is 0.339 e. The van der Waals surface area contributed by atoms with Crippen molar-refractivity contribution in [1.29, 1.82) is 0 Å². The van der Waals surface area contributed by atoms with E-state index in [1.165, 1.54) is 0 Å². The van der Waals surface area contributed by atoms with Crippen molar-refractivity contribution in [1.82, 2.24) is 4.90 Å². The molecule has 0 saturated heterocycles. The predicted molar refractivity (Wildman–Crippen MR) is 60.0 cm³/mol. The second-order valence-corrected chi connectivity index (χ2v) is 5.21. The van der Waals surface area contributed by atoms with Gasteiger partial charge in [-0.2, -0.15) is 0 Å². The summed E-state index contributed by atoms with van der Waals surface area (Å²) in [5.41, 5.74) is 5.53. The average molecular weight is 200 g/mol. The van der Waals surface area contributed by atoms with Gasteiger partial charge >= 0.3 is 0 Å². The molecule has 0 atom stereocenters. The summed E-state index contributed by atoms with van der Waals surface area (Å²) in [5.74, 6) is 0.206. The normalized spacial score (nSPS) is 11.9. The quantitative estimate of drug-likeness (QED) is 0.749. The molecule has 0 aromatic heterocycles. The fraction of sp³-hybridized carbons (Fsp3) is 0.909. The van der Waals surface area contributed by atoms with E-state index >= 15 is 0 Å². The molecule has 0 rings (SSSR count). The number of carbonyl (C=O) groups excluding carboxylic acids is 1. The number of nitrogens with zero attached hydrogens (tertiary/aromatic N) is 1. The van der Waals surface area contributed by atoms with Crippen LogP contribution >= 0.6 is 0 Å². The SMILES string of the molecule is CC(C)N(CCN)C(=O)CC(C)(C)C. The molecule has 3 nitrogen and oxygen atoms in total. The number of carbonyl (C=O) groups is 1. The average Bonchev–Trinajstić information content (AvgIpc) is 1.95. The van der Waals surface area contributed by atoms with Crippen molar-refractivity contribution in [3.8, 4) is 0 Å². The maximum Gasteiger partial charge on any atom is 0.223 e. The second kappa shape index (κ2) is 5.35. The Morgan fingerprint density at radius 1 is 1.36 bits per heavy atom. The number of hydrogen-bond acceptors (Lipinski definition) is 2. The molecule has 0 unspecified atom stereocenters. The van der Waals surface area contributed by atoms with Crippen LogP contribution in [-0.4, -0.2) is 29.9 Å². The lowest BCUT2D eigenvalue weighted by Crippen LogP contribution is -2.41. The van der Waals surface area contributed by atoms with E-state index in [4.69, 9.17) is 5.73 Å². The molecule has 0 aromatic carbocycles. The number of rotatable bonds is 4. The Bertz CT molecular complexity index is 182. The fourth-order valence-corrected chi connectivity index (χ4v) is 1.37. The Kier molecular flexibility index (Phi) is 5.13. The van der Waals surface area contributed by atoms with Gasteiger partial charge in [0, 0.05) is 25.6 Å². The van der Waals surface area contributed by atoms with Crippen molar-refractivity contribution in [2.75, 3.05) is 13.1 Å². The van der Waals surface area contributed by atoms with Crippen LogP contribution in [-0.2, 0) is 4.79 Å². The summed E-state index contributed by atoms with van der Waals surface area (Å²) >= 11 is 0. The lowest BCUT2D eigenvalue weighted by Gasteiger charge is -2.29. The van der Waals surface area contributed by atoms with Gasteiger partial charge in [-0.1, -0.05) is 20.8 Å². The number of nitrogens with two attached hydrogens (primary N) is 1. The standard InChI is InChI=1S/C11H24N2O/c1-9(2)13(7-6-12)10(14)8-11(3,4)5/h9H,6-8,12H2,1-5H3. The Labute approximate surface area is 87.6 Å². The Morgan fingerprint density at radius 3 is 2.14 bits per heavy atom. The van der Waals surface area contributed by atoms with Gasteiger partial charge in [0.15, 0.2) is 0 Å². The minimum Gasteiger partial charge on any atom is -0.339 e. The minimum atomic E-state index is 0.0544. The van der Waals surface area contributed by atoms with E-state index in [9.17, 15) is 4.79 Å². The maximum atomic E-state index is 11.9. The molecule has 0 bridgehead atoms. The van der Waals surface area contributed by atoms with E-state index in [0.29, 0.717) is 19.5 Å². The van der Waals surface area contributed by atoms with Gasteiger partial charge < -0.3 is 10.6 Å². The van der Waals surface area contributed by atoms with Crippen molar-refractivity contribution in [3.63, 3.8) is 0 Å². The summed E-state index contributed by atoms with van der Waals surface area (Å²) in [5, 5.41) is 0. The van der Waals surface area contributed by atoms with Crippen LogP contribution in [0.3, 0.4) is 0 Å². The summed E-state index contributed by atoms with van der Waals surface area (Å²) in [7, 11) is 0. The zero-order valence-corrected chi connectivity index (χ0v) is 10.1. The van der Waals surface area contributed by atoms with E-state index in [0.717, 1.165) is 0 Å². The molecule has 0 saturated carbocycles. The zero-order chi connectivity index (χ0) is 11.4. The maximum absolute atomic E-state index is 11.9. The number of amides is 1. The molecular weight excluding hydrogens is 176 g/mol. The zero-order valence-electron chi connectivity index (χ0n) is 10.1. The van der Waals surface area contributed by atoms with Gasteiger partial charge in [0.2, 0.25) is 5.91 Å². The third kappa shape index (κ3) is 5.22. The van der Waals surface area contributed by atoms with Crippen LogP contribution in [0.4, 0.5) is 0 Å². The molecule has 0 heterocycles. The highest BCUT2D eigenvalue weighted by Gasteiger charge is 2.22. The second-order valence-electron chi connectivity index (χ2n) is 5.21. The first-order valence-electron chi connectivity index (χ1n) is 5.27. The third-order valence-electron chi connectivity index (χ3n) is 2.00. The van der Waals surface area contributed by atoms with Gasteiger partial charge in [0.1, 0.15) is 0 Å². The first-order chi connectivity index (χ1) is 6.28. The molecule has 0 aliphatic heterocycles. The molecule has 2 N–H and O–H groups in total. The molecule has 3 heteroatoms. The molecule has 1 amide bonds. The highest BCUT2D eigenvalue weighted by atomic mass is 16.2. The molecular formula is C11H24N2O. The molecule has 84 valence electrons. The summed E-state index contributed by atoms with van der Waals surface area (Å²) in [6, 6.07) is 0.244. The van der Waals surface area contributed by atoms with E-state index in [-0.39, 0.29) is 17.4 Å². The van der Waals surface area contributed by atoms with Gasteiger partial charge in [-0.3, -0.25) is 4.79 Å². The highest BCUT2D eigenvalue weighted by Crippen LogP contribution is 2.20. The molecule has 0 aliphatic rings. The Morgan fingerprint density at radius 2 is 1.86 bits per heavy atom. The van der Waals surface area contributed by atoms with E-state index in [1.54, 1.807) is 0 Å². The smallest absolute Gasteiger partial charge is 0.223 e. The molecule has 14 heavy (non-hydrogen) atoms. The van der Waals surface area contributed by atoms with Crippen molar-refractivity contribution < 1.29 is 4.79 Å². The fourth-order valence-electron chi connectivity index (χ4n) is 1.37. The predicted octanol–water partition coefficient (Wildman–Crippen LogP) is 1.62. The molecule has 0 aromatic rings. The topological polar surface area (TPSA) is 46.3 Å². The molecule has 0 aliphatic carbocycles. The highest BCUT2D eigenvalue weighted by molar-refractivity contribution is 5.77. The van der Waals surface area contributed by atoms with Crippen LogP contribution in [0.15, 0.2) is 0 Å². The van der Waals surface area contributed by atoms with Crippen molar-refractivity contribution in [2.24, 2.45) is 11.1 Å². The first-order valence-corrected chi connectivity index (χ1v) is 5.27. The van der Waals surface area contributed by atoms with Crippen LogP contribution < -0.4 is 5.73 Å². The van der Waals surface area contributed by atoms with Gasteiger partial charge in [0.05, 0.1) is 0 Å². The lowest BCUT2D eigenvalue weighted by atomic mass is 9.91. The van der Waals surface area contributed by atoms with E-state index < -0.39 is 0 Å².